The summed E-state index contributed by atoms with van der Waals surface area (Å²) in [4.78, 5) is 11.8. The normalized spacial score (nSPS) is 10.7. The molecular formula is C14H14Cl2N2O. The fourth-order valence-electron chi connectivity index (χ4n) is 1.93. The molecule has 1 aromatic heterocycles. The van der Waals surface area contributed by atoms with Crippen molar-refractivity contribution in [3.05, 3.63) is 62.0 Å². The molecule has 100 valence electrons. The first-order valence-electron chi connectivity index (χ1n) is 5.85. The van der Waals surface area contributed by atoms with Crippen LogP contribution in [0.1, 0.15) is 11.3 Å². The number of halogens is 2. The van der Waals surface area contributed by atoms with E-state index in [-0.39, 0.29) is 5.43 Å². The Morgan fingerprint density at radius 2 is 2.00 bits per heavy atom. The van der Waals surface area contributed by atoms with Gasteiger partial charge in [-0.25, -0.2) is 0 Å². The van der Waals surface area contributed by atoms with Gasteiger partial charge < -0.3 is 9.88 Å². The number of aromatic nitrogens is 1. The molecule has 0 unspecified atom stereocenters. The molecule has 0 atom stereocenters. The molecule has 0 bridgehead atoms. The van der Waals surface area contributed by atoms with E-state index < -0.39 is 0 Å². The third-order valence-corrected chi connectivity index (χ3v) is 3.40. The molecule has 1 N–H and O–H groups in total. The van der Waals surface area contributed by atoms with Gasteiger partial charge in [-0.05, 0) is 32.2 Å². The number of hydrogen-bond donors (Lipinski definition) is 1. The maximum atomic E-state index is 11.8. The highest BCUT2D eigenvalue weighted by atomic mass is 35.5. The summed E-state index contributed by atoms with van der Waals surface area (Å²) in [5.74, 6) is 0. The van der Waals surface area contributed by atoms with Crippen LogP contribution in [0.5, 0.6) is 0 Å². The lowest BCUT2D eigenvalue weighted by Crippen LogP contribution is -2.19. The van der Waals surface area contributed by atoms with Crippen molar-refractivity contribution in [3.63, 3.8) is 0 Å². The van der Waals surface area contributed by atoms with Crippen molar-refractivity contribution in [1.82, 2.24) is 9.88 Å². The Labute approximate surface area is 121 Å². The van der Waals surface area contributed by atoms with E-state index in [1.165, 1.54) is 0 Å². The smallest absolute Gasteiger partial charge is 0.186 e. The van der Waals surface area contributed by atoms with Gasteiger partial charge in [-0.2, -0.15) is 0 Å². The zero-order valence-corrected chi connectivity index (χ0v) is 12.2. The summed E-state index contributed by atoms with van der Waals surface area (Å²) in [5, 5.41) is 4.12. The lowest BCUT2D eigenvalue weighted by molar-refractivity contribution is 0.794. The van der Waals surface area contributed by atoms with Crippen molar-refractivity contribution >= 4 is 23.2 Å². The van der Waals surface area contributed by atoms with Gasteiger partial charge in [0.2, 0.25) is 0 Å². The van der Waals surface area contributed by atoms with Gasteiger partial charge in [0.25, 0.3) is 0 Å². The molecule has 0 spiro atoms. The summed E-state index contributed by atoms with van der Waals surface area (Å²) in [6.07, 6.45) is 1.81. The van der Waals surface area contributed by atoms with E-state index in [1.54, 1.807) is 25.2 Å². The number of nitrogens with zero attached hydrogens (tertiary/aromatic N) is 1. The molecule has 5 heteroatoms. The third-order valence-electron chi connectivity index (χ3n) is 2.86. The highest BCUT2D eigenvalue weighted by Crippen LogP contribution is 2.25. The van der Waals surface area contributed by atoms with Crippen LogP contribution >= 0.6 is 23.2 Å². The number of benzene rings is 1. The number of aryl methyl sites for hydroxylation is 1. The van der Waals surface area contributed by atoms with Crippen LogP contribution in [0.4, 0.5) is 0 Å². The summed E-state index contributed by atoms with van der Waals surface area (Å²) < 4.78 is 1.90. The van der Waals surface area contributed by atoms with Crippen LogP contribution in [0.3, 0.4) is 0 Å². The predicted octanol–water partition coefficient (Wildman–Crippen LogP) is 3.17. The molecule has 0 aliphatic heterocycles. The van der Waals surface area contributed by atoms with E-state index in [2.05, 4.69) is 5.32 Å². The van der Waals surface area contributed by atoms with Crippen molar-refractivity contribution in [2.24, 2.45) is 0 Å². The third kappa shape index (κ3) is 3.00. The molecule has 0 amide bonds. The Bertz CT molecular complexity index is 665. The maximum Gasteiger partial charge on any atom is 0.186 e. The second-order valence-electron chi connectivity index (χ2n) is 4.30. The molecule has 3 nitrogen and oxygen atoms in total. The standard InChI is InChI=1S/C14H14Cl2N2O/c1-9-5-14(19)10(7-17-2)8-18(9)13-4-3-11(15)6-12(13)16/h3-6,8,17H,7H2,1-2H3. The van der Waals surface area contributed by atoms with Crippen LogP contribution in [0, 0.1) is 6.92 Å². The molecule has 0 fully saturated rings. The molecule has 0 radical (unpaired) electrons. The average molecular weight is 297 g/mol. The monoisotopic (exact) mass is 296 g/mol. The van der Waals surface area contributed by atoms with Crippen LogP contribution in [-0.4, -0.2) is 11.6 Å². The van der Waals surface area contributed by atoms with Crippen LogP contribution in [-0.2, 0) is 6.54 Å². The molecule has 1 heterocycles. The van der Waals surface area contributed by atoms with Crippen molar-refractivity contribution in [2.75, 3.05) is 7.05 Å². The van der Waals surface area contributed by atoms with Crippen molar-refractivity contribution < 1.29 is 0 Å². The van der Waals surface area contributed by atoms with Crippen molar-refractivity contribution in [1.29, 1.82) is 0 Å². The molecule has 0 saturated carbocycles. The van der Waals surface area contributed by atoms with Crippen molar-refractivity contribution in [2.45, 2.75) is 13.5 Å². The molecule has 1 aromatic carbocycles. The highest BCUT2D eigenvalue weighted by molar-refractivity contribution is 6.35. The minimum absolute atomic E-state index is 0.0215. The molecule has 0 aliphatic carbocycles. The van der Waals surface area contributed by atoms with Crippen LogP contribution in [0.25, 0.3) is 5.69 Å². The first-order chi connectivity index (χ1) is 9.02. The molecule has 2 rings (SSSR count). The fourth-order valence-corrected chi connectivity index (χ4v) is 2.43. The van der Waals surface area contributed by atoms with Gasteiger partial charge in [0, 0.05) is 35.1 Å². The van der Waals surface area contributed by atoms with E-state index in [1.807, 2.05) is 23.8 Å². The summed E-state index contributed by atoms with van der Waals surface area (Å²) in [7, 11) is 1.80. The van der Waals surface area contributed by atoms with E-state index in [0.717, 1.165) is 11.4 Å². The minimum atomic E-state index is 0.0215. The van der Waals surface area contributed by atoms with Gasteiger partial charge in [-0.1, -0.05) is 23.2 Å². The molecule has 0 saturated heterocycles. The second-order valence-corrected chi connectivity index (χ2v) is 5.14. The summed E-state index contributed by atoms with van der Waals surface area (Å²) in [5.41, 5.74) is 2.35. The number of hydrogen-bond acceptors (Lipinski definition) is 2. The quantitative estimate of drug-likeness (QED) is 0.944. The molecule has 19 heavy (non-hydrogen) atoms. The lowest BCUT2D eigenvalue weighted by atomic mass is 10.2. The zero-order chi connectivity index (χ0) is 14.0. The Kier molecular flexibility index (Phi) is 4.30. The first kappa shape index (κ1) is 14.1. The van der Waals surface area contributed by atoms with E-state index in [4.69, 9.17) is 23.2 Å². The Morgan fingerprint density at radius 3 is 2.63 bits per heavy atom. The average Bonchev–Trinajstić information content (AvgIpc) is 2.34. The topological polar surface area (TPSA) is 34.0 Å². The molecule has 0 aliphatic rings. The van der Waals surface area contributed by atoms with Gasteiger partial charge >= 0.3 is 0 Å². The first-order valence-corrected chi connectivity index (χ1v) is 6.60. The van der Waals surface area contributed by atoms with Gasteiger partial charge in [-0.15, -0.1) is 0 Å². The summed E-state index contributed by atoms with van der Waals surface area (Å²) >= 11 is 12.1. The van der Waals surface area contributed by atoms with E-state index in [9.17, 15) is 4.79 Å². The molecule has 2 aromatic rings. The minimum Gasteiger partial charge on any atom is -0.319 e. The molecular weight excluding hydrogens is 283 g/mol. The van der Waals surface area contributed by atoms with Gasteiger partial charge in [0.05, 0.1) is 10.7 Å². The van der Waals surface area contributed by atoms with Gasteiger partial charge in [-0.3, -0.25) is 4.79 Å². The van der Waals surface area contributed by atoms with Gasteiger partial charge in [0.1, 0.15) is 0 Å². The second kappa shape index (κ2) is 5.78. The lowest BCUT2D eigenvalue weighted by Gasteiger charge is -2.14. The van der Waals surface area contributed by atoms with Gasteiger partial charge in [0.15, 0.2) is 5.43 Å². The summed E-state index contributed by atoms with van der Waals surface area (Å²) in [6, 6.07) is 6.91. The number of pyridine rings is 1. The van der Waals surface area contributed by atoms with Crippen LogP contribution in [0.15, 0.2) is 35.3 Å². The zero-order valence-electron chi connectivity index (χ0n) is 10.7. The Balaban J connectivity index is 2.61. The summed E-state index contributed by atoms with van der Waals surface area (Å²) in [6.45, 7) is 2.39. The van der Waals surface area contributed by atoms with Crippen molar-refractivity contribution in [3.8, 4) is 5.69 Å². The van der Waals surface area contributed by atoms with E-state index >= 15 is 0 Å². The number of nitrogens with one attached hydrogen (secondary N) is 1. The Morgan fingerprint density at radius 1 is 1.26 bits per heavy atom. The van der Waals surface area contributed by atoms with E-state index in [0.29, 0.717) is 22.2 Å². The highest BCUT2D eigenvalue weighted by Gasteiger charge is 2.08. The number of rotatable bonds is 3. The van der Waals surface area contributed by atoms with Crippen LogP contribution < -0.4 is 10.7 Å². The SMILES string of the molecule is CNCc1cn(-c2ccc(Cl)cc2Cl)c(C)cc1=O. The predicted molar refractivity (Wildman–Crippen MR) is 79.6 cm³/mol. The Hall–Kier alpha value is -1.29. The largest absolute Gasteiger partial charge is 0.319 e. The maximum absolute atomic E-state index is 11.8. The van der Waals surface area contributed by atoms with Crippen LogP contribution in [0.2, 0.25) is 10.0 Å². The fraction of sp³-hybridized carbons (Fsp3) is 0.214.